The van der Waals surface area contributed by atoms with Gasteiger partial charge in [-0.1, -0.05) is 45.4 Å². The van der Waals surface area contributed by atoms with Crippen LogP contribution in [-0.4, -0.2) is 9.97 Å². The molecule has 0 spiro atoms. The Morgan fingerprint density at radius 3 is 2.33 bits per heavy atom. The fourth-order valence-corrected chi connectivity index (χ4v) is 3.43. The largest absolute Gasteiger partial charge is 0.232 e. The Labute approximate surface area is 128 Å². The molecule has 21 heavy (non-hydrogen) atoms. The van der Waals surface area contributed by atoms with Crippen LogP contribution in [0.3, 0.4) is 0 Å². The SMILES string of the molecule is CCCCCCCC1CCC(c2cnc(C#N)nc2)CC1. The van der Waals surface area contributed by atoms with Crippen LogP contribution in [0.25, 0.3) is 0 Å². The second-order valence-electron chi connectivity index (χ2n) is 6.37. The molecule has 0 aromatic carbocycles. The Morgan fingerprint density at radius 1 is 1.05 bits per heavy atom. The maximum absolute atomic E-state index is 8.73. The smallest absolute Gasteiger partial charge is 0.227 e. The summed E-state index contributed by atoms with van der Waals surface area (Å²) >= 11 is 0. The molecule has 1 heterocycles. The van der Waals surface area contributed by atoms with Crippen LogP contribution in [0.1, 0.15) is 88.4 Å². The zero-order chi connectivity index (χ0) is 14.9. The number of hydrogen-bond acceptors (Lipinski definition) is 3. The molecule has 1 aliphatic carbocycles. The van der Waals surface area contributed by atoms with Gasteiger partial charge in [-0.15, -0.1) is 0 Å². The van der Waals surface area contributed by atoms with Gasteiger partial charge in [0.25, 0.3) is 0 Å². The number of aromatic nitrogens is 2. The Hall–Kier alpha value is -1.43. The van der Waals surface area contributed by atoms with Crippen molar-refractivity contribution in [1.29, 1.82) is 5.26 Å². The maximum atomic E-state index is 8.73. The predicted octanol–water partition coefficient (Wildman–Crippen LogP) is 4.98. The molecular formula is C18H27N3. The number of unbranched alkanes of at least 4 members (excludes halogenated alkanes) is 4. The number of rotatable bonds is 7. The highest BCUT2D eigenvalue weighted by molar-refractivity contribution is 5.17. The molecule has 2 rings (SSSR count). The molecule has 3 nitrogen and oxygen atoms in total. The minimum atomic E-state index is 0.277. The predicted molar refractivity (Wildman–Crippen MR) is 84.8 cm³/mol. The second kappa shape index (κ2) is 8.77. The van der Waals surface area contributed by atoms with E-state index in [9.17, 15) is 0 Å². The van der Waals surface area contributed by atoms with Crippen molar-refractivity contribution in [3.63, 3.8) is 0 Å². The van der Waals surface area contributed by atoms with Crippen molar-refractivity contribution in [2.75, 3.05) is 0 Å². The van der Waals surface area contributed by atoms with E-state index < -0.39 is 0 Å². The van der Waals surface area contributed by atoms with Gasteiger partial charge >= 0.3 is 0 Å². The first-order valence-corrected chi connectivity index (χ1v) is 8.55. The molecular weight excluding hydrogens is 258 g/mol. The minimum Gasteiger partial charge on any atom is -0.227 e. The fourth-order valence-electron chi connectivity index (χ4n) is 3.43. The van der Waals surface area contributed by atoms with Crippen LogP contribution in [-0.2, 0) is 0 Å². The average Bonchev–Trinajstić information content (AvgIpc) is 2.55. The van der Waals surface area contributed by atoms with Crippen LogP contribution >= 0.6 is 0 Å². The van der Waals surface area contributed by atoms with Crippen molar-refractivity contribution in [3.05, 3.63) is 23.8 Å². The van der Waals surface area contributed by atoms with Gasteiger partial charge < -0.3 is 0 Å². The number of hydrogen-bond donors (Lipinski definition) is 0. The molecule has 0 amide bonds. The van der Waals surface area contributed by atoms with Crippen LogP contribution in [0.5, 0.6) is 0 Å². The molecule has 0 saturated heterocycles. The van der Waals surface area contributed by atoms with E-state index in [2.05, 4.69) is 16.9 Å². The van der Waals surface area contributed by atoms with Gasteiger partial charge in [-0.2, -0.15) is 5.26 Å². The zero-order valence-electron chi connectivity index (χ0n) is 13.2. The summed E-state index contributed by atoms with van der Waals surface area (Å²) in [6, 6.07) is 1.98. The summed E-state index contributed by atoms with van der Waals surface area (Å²) in [5.41, 5.74) is 1.22. The van der Waals surface area contributed by atoms with Crippen molar-refractivity contribution >= 4 is 0 Å². The van der Waals surface area contributed by atoms with Gasteiger partial charge in [-0.25, -0.2) is 9.97 Å². The second-order valence-corrected chi connectivity index (χ2v) is 6.37. The first-order chi connectivity index (χ1) is 10.3. The standard InChI is InChI=1S/C18H27N3/c1-2-3-4-5-6-7-15-8-10-16(11-9-15)17-13-20-18(12-19)21-14-17/h13-16H,2-11H2,1H3. The monoisotopic (exact) mass is 285 g/mol. The van der Waals surface area contributed by atoms with Gasteiger partial charge in [-0.3, -0.25) is 0 Å². The summed E-state index contributed by atoms with van der Waals surface area (Å²) < 4.78 is 0. The van der Waals surface area contributed by atoms with Gasteiger partial charge in [0.1, 0.15) is 6.07 Å². The highest BCUT2D eigenvalue weighted by Crippen LogP contribution is 2.37. The molecule has 1 aliphatic rings. The molecule has 3 heteroatoms. The lowest BCUT2D eigenvalue weighted by atomic mass is 9.77. The van der Waals surface area contributed by atoms with Crippen molar-refractivity contribution in [1.82, 2.24) is 9.97 Å². The molecule has 1 aromatic heterocycles. The van der Waals surface area contributed by atoms with Crippen molar-refractivity contribution in [2.45, 2.75) is 77.0 Å². The van der Waals surface area contributed by atoms with Crippen LogP contribution in [0, 0.1) is 17.2 Å². The van der Waals surface area contributed by atoms with Crippen molar-refractivity contribution in [2.24, 2.45) is 5.92 Å². The van der Waals surface area contributed by atoms with E-state index in [-0.39, 0.29) is 5.82 Å². The average molecular weight is 285 g/mol. The third kappa shape index (κ3) is 5.12. The van der Waals surface area contributed by atoms with E-state index in [1.807, 2.05) is 18.5 Å². The topological polar surface area (TPSA) is 49.6 Å². The first-order valence-electron chi connectivity index (χ1n) is 8.55. The first kappa shape index (κ1) is 15.9. The van der Waals surface area contributed by atoms with Crippen molar-refractivity contribution < 1.29 is 0 Å². The molecule has 1 aromatic rings. The quantitative estimate of drug-likeness (QED) is 0.664. The fraction of sp³-hybridized carbons (Fsp3) is 0.722. The molecule has 1 fully saturated rings. The van der Waals surface area contributed by atoms with E-state index in [0.717, 1.165) is 5.92 Å². The lowest BCUT2D eigenvalue weighted by molar-refractivity contribution is 0.301. The normalized spacial score (nSPS) is 21.9. The molecule has 0 N–H and O–H groups in total. The van der Waals surface area contributed by atoms with E-state index in [4.69, 9.17) is 5.26 Å². The molecule has 0 aliphatic heterocycles. The number of nitrogens with zero attached hydrogens (tertiary/aromatic N) is 3. The summed E-state index contributed by atoms with van der Waals surface area (Å²) in [7, 11) is 0. The molecule has 0 bridgehead atoms. The lowest BCUT2D eigenvalue weighted by Crippen LogP contribution is -2.14. The Morgan fingerprint density at radius 2 is 1.71 bits per heavy atom. The highest BCUT2D eigenvalue weighted by Gasteiger charge is 2.22. The number of nitriles is 1. The molecule has 114 valence electrons. The molecule has 1 saturated carbocycles. The van der Waals surface area contributed by atoms with Crippen LogP contribution < -0.4 is 0 Å². The van der Waals surface area contributed by atoms with E-state index >= 15 is 0 Å². The summed E-state index contributed by atoms with van der Waals surface area (Å²) in [5, 5.41) is 8.73. The van der Waals surface area contributed by atoms with Crippen LogP contribution in [0.15, 0.2) is 12.4 Å². The highest BCUT2D eigenvalue weighted by atomic mass is 14.9. The van der Waals surface area contributed by atoms with Crippen molar-refractivity contribution in [3.8, 4) is 6.07 Å². The van der Waals surface area contributed by atoms with E-state index in [0.29, 0.717) is 5.92 Å². The Bertz CT molecular complexity index is 439. The van der Waals surface area contributed by atoms with Crippen LogP contribution in [0.4, 0.5) is 0 Å². The summed E-state index contributed by atoms with van der Waals surface area (Å²) in [4.78, 5) is 8.19. The third-order valence-electron chi connectivity index (χ3n) is 4.81. The van der Waals surface area contributed by atoms with Gasteiger partial charge in [0, 0.05) is 12.4 Å². The summed E-state index contributed by atoms with van der Waals surface area (Å²) in [5.74, 6) is 1.82. The minimum absolute atomic E-state index is 0.277. The maximum Gasteiger partial charge on any atom is 0.232 e. The van der Waals surface area contributed by atoms with Gasteiger partial charge in [0.15, 0.2) is 0 Å². The van der Waals surface area contributed by atoms with Gasteiger partial charge in [0.05, 0.1) is 0 Å². The zero-order valence-corrected chi connectivity index (χ0v) is 13.2. The van der Waals surface area contributed by atoms with E-state index in [1.54, 1.807) is 0 Å². The molecule has 0 atom stereocenters. The molecule has 0 radical (unpaired) electrons. The Kier molecular flexibility index (Phi) is 6.66. The molecule has 0 unspecified atom stereocenters. The summed E-state index contributed by atoms with van der Waals surface area (Å²) in [6.45, 7) is 2.27. The third-order valence-corrected chi connectivity index (χ3v) is 4.81. The van der Waals surface area contributed by atoms with Gasteiger partial charge in [0.2, 0.25) is 5.82 Å². The van der Waals surface area contributed by atoms with E-state index in [1.165, 1.54) is 69.8 Å². The van der Waals surface area contributed by atoms with Gasteiger partial charge in [-0.05, 0) is 43.1 Å². The summed E-state index contributed by atoms with van der Waals surface area (Å²) in [6.07, 6.45) is 17.3. The Balaban J connectivity index is 1.69. The lowest BCUT2D eigenvalue weighted by Gasteiger charge is -2.28. The van der Waals surface area contributed by atoms with Crippen LogP contribution in [0.2, 0.25) is 0 Å².